The van der Waals surface area contributed by atoms with Crippen molar-refractivity contribution in [3.8, 4) is 0 Å². The number of aromatic nitrogens is 3. The zero-order chi connectivity index (χ0) is 19.3. The zero-order valence-corrected chi connectivity index (χ0v) is 16.2. The van der Waals surface area contributed by atoms with Gasteiger partial charge < -0.3 is 15.6 Å². The molecule has 5 nitrogen and oxygen atoms in total. The van der Waals surface area contributed by atoms with E-state index in [4.69, 9.17) is 0 Å². The molecular weight excluding hydrogens is 346 g/mol. The quantitative estimate of drug-likeness (QED) is 0.402. The second kappa shape index (κ2) is 8.13. The maximum Gasteiger partial charge on any atom is 0.224 e. The minimum Gasteiger partial charge on any atom is -0.361 e. The van der Waals surface area contributed by atoms with Gasteiger partial charge in [-0.05, 0) is 47.7 Å². The molecule has 142 valence electrons. The van der Waals surface area contributed by atoms with Crippen molar-refractivity contribution >= 4 is 28.4 Å². The molecule has 0 amide bonds. The van der Waals surface area contributed by atoms with Gasteiger partial charge in [-0.2, -0.15) is 4.98 Å². The highest BCUT2D eigenvalue weighted by Crippen LogP contribution is 2.20. The standard InChI is InChI=1S/C23H25N5/c1-16(2)17-7-9-19(10-8-17)27-22-12-14-25-23(28-22)24-13-11-18-15-26-21-6-4-3-5-20(18)21/h3-10,12,14-16,26H,11,13H2,1-2H3,(H2,24,25,27,28). The molecule has 2 heterocycles. The van der Waals surface area contributed by atoms with E-state index in [2.05, 4.69) is 88.1 Å². The highest BCUT2D eigenvalue weighted by atomic mass is 15.1. The van der Waals surface area contributed by atoms with Gasteiger partial charge in [0.05, 0.1) is 0 Å². The number of para-hydroxylation sites is 1. The van der Waals surface area contributed by atoms with E-state index in [1.165, 1.54) is 22.0 Å². The molecule has 0 saturated heterocycles. The number of nitrogens with one attached hydrogen (secondary N) is 3. The Kier molecular flexibility index (Phi) is 5.24. The minimum atomic E-state index is 0.529. The average Bonchev–Trinajstić information content (AvgIpc) is 3.12. The Balaban J connectivity index is 1.37. The molecule has 28 heavy (non-hydrogen) atoms. The molecule has 0 fully saturated rings. The Morgan fingerprint density at radius 2 is 1.82 bits per heavy atom. The zero-order valence-electron chi connectivity index (χ0n) is 16.2. The summed E-state index contributed by atoms with van der Waals surface area (Å²) in [6.45, 7) is 5.16. The lowest BCUT2D eigenvalue weighted by Gasteiger charge is -2.10. The van der Waals surface area contributed by atoms with Gasteiger partial charge in [-0.15, -0.1) is 0 Å². The van der Waals surface area contributed by atoms with Crippen LogP contribution in [0.5, 0.6) is 0 Å². The lowest BCUT2D eigenvalue weighted by atomic mass is 10.0. The molecule has 2 aromatic heterocycles. The van der Waals surface area contributed by atoms with Crippen molar-refractivity contribution in [2.45, 2.75) is 26.2 Å². The van der Waals surface area contributed by atoms with Crippen LogP contribution >= 0.6 is 0 Å². The summed E-state index contributed by atoms with van der Waals surface area (Å²) in [6.07, 6.45) is 4.75. The van der Waals surface area contributed by atoms with Crippen LogP contribution in [-0.4, -0.2) is 21.5 Å². The van der Waals surface area contributed by atoms with E-state index in [1.54, 1.807) is 6.20 Å². The topological polar surface area (TPSA) is 65.6 Å². The van der Waals surface area contributed by atoms with E-state index >= 15 is 0 Å². The number of hydrogen-bond donors (Lipinski definition) is 3. The molecule has 0 atom stereocenters. The van der Waals surface area contributed by atoms with Crippen molar-refractivity contribution in [2.75, 3.05) is 17.2 Å². The summed E-state index contributed by atoms with van der Waals surface area (Å²) in [5.41, 5.74) is 4.81. The second-order valence-electron chi connectivity index (χ2n) is 7.20. The Hall–Kier alpha value is -3.34. The van der Waals surface area contributed by atoms with Gasteiger partial charge in [0.15, 0.2) is 0 Å². The Morgan fingerprint density at radius 1 is 1.00 bits per heavy atom. The normalized spacial score (nSPS) is 11.1. The van der Waals surface area contributed by atoms with Gasteiger partial charge >= 0.3 is 0 Å². The molecule has 0 spiro atoms. The van der Waals surface area contributed by atoms with Crippen LogP contribution in [0.1, 0.15) is 30.9 Å². The molecule has 0 aliphatic heterocycles. The summed E-state index contributed by atoms with van der Waals surface area (Å²) < 4.78 is 0. The van der Waals surface area contributed by atoms with Crippen LogP contribution in [0, 0.1) is 0 Å². The van der Waals surface area contributed by atoms with Crippen molar-refractivity contribution in [3.63, 3.8) is 0 Å². The first-order chi connectivity index (χ1) is 13.7. The summed E-state index contributed by atoms with van der Waals surface area (Å²) >= 11 is 0. The van der Waals surface area contributed by atoms with Gasteiger partial charge in [-0.25, -0.2) is 4.98 Å². The molecule has 5 heteroatoms. The van der Waals surface area contributed by atoms with Crippen LogP contribution in [0.15, 0.2) is 67.0 Å². The van der Waals surface area contributed by atoms with E-state index in [0.29, 0.717) is 11.9 Å². The van der Waals surface area contributed by atoms with Crippen LogP contribution in [0.4, 0.5) is 17.5 Å². The van der Waals surface area contributed by atoms with Crippen LogP contribution < -0.4 is 10.6 Å². The Bertz CT molecular complexity index is 1050. The molecule has 0 unspecified atom stereocenters. The third-order valence-corrected chi connectivity index (χ3v) is 4.86. The van der Waals surface area contributed by atoms with Gasteiger partial charge in [0.1, 0.15) is 5.82 Å². The van der Waals surface area contributed by atoms with E-state index in [1.807, 2.05) is 12.1 Å². The lowest BCUT2D eigenvalue weighted by Crippen LogP contribution is -2.08. The fourth-order valence-corrected chi connectivity index (χ4v) is 3.26. The number of fused-ring (bicyclic) bond motifs is 1. The molecule has 0 saturated carbocycles. The van der Waals surface area contributed by atoms with E-state index in [-0.39, 0.29) is 0 Å². The summed E-state index contributed by atoms with van der Waals surface area (Å²) in [5, 5.41) is 7.93. The third-order valence-electron chi connectivity index (χ3n) is 4.86. The van der Waals surface area contributed by atoms with Crippen LogP contribution in [0.25, 0.3) is 10.9 Å². The van der Waals surface area contributed by atoms with E-state index in [9.17, 15) is 0 Å². The number of H-pyrrole nitrogens is 1. The van der Waals surface area contributed by atoms with E-state index < -0.39 is 0 Å². The van der Waals surface area contributed by atoms with Crippen LogP contribution in [0.2, 0.25) is 0 Å². The largest absolute Gasteiger partial charge is 0.361 e. The predicted octanol–water partition coefficient (Wildman–Crippen LogP) is 5.48. The average molecular weight is 371 g/mol. The maximum absolute atomic E-state index is 4.57. The Morgan fingerprint density at radius 3 is 2.64 bits per heavy atom. The first kappa shape index (κ1) is 18.0. The SMILES string of the molecule is CC(C)c1ccc(Nc2ccnc(NCCc3c[nH]c4ccccc34)n2)cc1. The fraction of sp³-hybridized carbons (Fsp3) is 0.217. The highest BCUT2D eigenvalue weighted by molar-refractivity contribution is 5.83. The van der Waals surface area contributed by atoms with Crippen molar-refractivity contribution in [2.24, 2.45) is 0 Å². The highest BCUT2D eigenvalue weighted by Gasteiger charge is 2.04. The number of hydrogen-bond acceptors (Lipinski definition) is 4. The number of benzene rings is 2. The number of aromatic amines is 1. The summed E-state index contributed by atoms with van der Waals surface area (Å²) in [4.78, 5) is 12.2. The summed E-state index contributed by atoms with van der Waals surface area (Å²) in [5.74, 6) is 1.94. The molecule has 4 rings (SSSR count). The van der Waals surface area contributed by atoms with Crippen molar-refractivity contribution in [1.29, 1.82) is 0 Å². The second-order valence-corrected chi connectivity index (χ2v) is 7.20. The Labute approximate surface area is 165 Å². The lowest BCUT2D eigenvalue weighted by molar-refractivity contribution is 0.867. The predicted molar refractivity (Wildman–Crippen MR) is 116 cm³/mol. The van der Waals surface area contributed by atoms with Gasteiger partial charge in [0, 0.05) is 35.5 Å². The molecule has 0 radical (unpaired) electrons. The first-order valence-electron chi connectivity index (χ1n) is 9.68. The van der Waals surface area contributed by atoms with Gasteiger partial charge in [-0.1, -0.05) is 44.2 Å². The molecular formula is C23H25N5. The smallest absolute Gasteiger partial charge is 0.224 e. The molecule has 2 aromatic carbocycles. The molecule has 0 bridgehead atoms. The number of anilines is 3. The molecule has 0 aliphatic rings. The fourth-order valence-electron chi connectivity index (χ4n) is 3.26. The summed E-state index contributed by atoms with van der Waals surface area (Å²) in [6, 6.07) is 18.7. The van der Waals surface area contributed by atoms with Crippen LogP contribution in [-0.2, 0) is 6.42 Å². The van der Waals surface area contributed by atoms with E-state index in [0.717, 1.165) is 24.5 Å². The third kappa shape index (κ3) is 4.14. The van der Waals surface area contributed by atoms with Gasteiger partial charge in [0.2, 0.25) is 5.95 Å². The molecule has 4 aromatic rings. The van der Waals surface area contributed by atoms with Gasteiger partial charge in [-0.3, -0.25) is 0 Å². The molecule has 0 aliphatic carbocycles. The monoisotopic (exact) mass is 371 g/mol. The summed E-state index contributed by atoms with van der Waals surface area (Å²) in [7, 11) is 0. The number of rotatable bonds is 7. The van der Waals surface area contributed by atoms with Gasteiger partial charge in [0.25, 0.3) is 0 Å². The molecule has 3 N–H and O–H groups in total. The van der Waals surface area contributed by atoms with Crippen molar-refractivity contribution < 1.29 is 0 Å². The van der Waals surface area contributed by atoms with Crippen LogP contribution in [0.3, 0.4) is 0 Å². The maximum atomic E-state index is 4.57. The number of nitrogens with zero attached hydrogens (tertiary/aromatic N) is 2. The van der Waals surface area contributed by atoms with Crippen molar-refractivity contribution in [1.82, 2.24) is 15.0 Å². The first-order valence-corrected chi connectivity index (χ1v) is 9.68. The minimum absolute atomic E-state index is 0.529. The van der Waals surface area contributed by atoms with Crippen molar-refractivity contribution in [3.05, 3.63) is 78.1 Å².